The van der Waals surface area contributed by atoms with Gasteiger partial charge in [-0.1, -0.05) is 56.3 Å². The number of carbonyl (C=O) groups is 1. The van der Waals surface area contributed by atoms with Crippen molar-refractivity contribution in [1.82, 2.24) is 0 Å². The molecule has 0 heterocycles. The fraction of sp³-hybridized carbons (Fsp3) is 0.316. The molecule has 0 spiro atoms. The van der Waals surface area contributed by atoms with Crippen molar-refractivity contribution in [2.75, 3.05) is 0 Å². The largest absolute Gasteiger partial charge is 0.299 e. The molecule has 2 aliphatic rings. The van der Waals surface area contributed by atoms with Crippen molar-refractivity contribution in [1.29, 1.82) is 0 Å². The molecule has 1 saturated carbocycles. The molecule has 1 atom stereocenters. The second kappa shape index (κ2) is 3.82. The molecule has 1 nitrogen and oxygen atoms in total. The highest BCUT2D eigenvalue weighted by molar-refractivity contribution is 5.92. The molecular formula is C19H18O. The van der Waals surface area contributed by atoms with Gasteiger partial charge in [-0.15, -0.1) is 0 Å². The SMILES string of the molecule is CC1(C)C(=O)CC1c1ccc2c(c1)Cc1ccccc1-2. The highest BCUT2D eigenvalue weighted by atomic mass is 16.1. The Morgan fingerprint density at radius 1 is 1.00 bits per heavy atom. The molecule has 0 amide bonds. The zero-order valence-electron chi connectivity index (χ0n) is 11.9. The molecule has 0 radical (unpaired) electrons. The van der Waals surface area contributed by atoms with Gasteiger partial charge in [0.2, 0.25) is 0 Å². The second-order valence-corrected chi connectivity index (χ2v) is 6.65. The zero-order valence-corrected chi connectivity index (χ0v) is 11.9. The van der Waals surface area contributed by atoms with Crippen LogP contribution in [0.5, 0.6) is 0 Å². The van der Waals surface area contributed by atoms with Crippen molar-refractivity contribution in [3.05, 3.63) is 59.2 Å². The lowest BCUT2D eigenvalue weighted by molar-refractivity contribution is -0.137. The highest BCUT2D eigenvalue weighted by Crippen LogP contribution is 2.50. The summed E-state index contributed by atoms with van der Waals surface area (Å²) >= 11 is 0. The smallest absolute Gasteiger partial charge is 0.139 e. The molecule has 0 bridgehead atoms. The molecule has 4 rings (SSSR count). The third-order valence-electron chi connectivity index (χ3n) is 5.20. The summed E-state index contributed by atoms with van der Waals surface area (Å²) in [5.41, 5.74) is 6.73. The van der Waals surface area contributed by atoms with Gasteiger partial charge in [0.05, 0.1) is 0 Å². The fourth-order valence-corrected chi connectivity index (χ4v) is 3.68. The highest BCUT2D eigenvalue weighted by Gasteiger charge is 2.47. The minimum atomic E-state index is -0.181. The van der Waals surface area contributed by atoms with Crippen LogP contribution in [0.3, 0.4) is 0 Å². The van der Waals surface area contributed by atoms with Crippen LogP contribution in [0.15, 0.2) is 42.5 Å². The molecule has 1 fully saturated rings. The molecule has 20 heavy (non-hydrogen) atoms. The first-order chi connectivity index (χ1) is 9.57. The first kappa shape index (κ1) is 11.9. The normalized spacial score (nSPS) is 22.1. The molecule has 1 heteroatoms. The standard InChI is InChI=1S/C19H18O/c1-19(2)17(11-18(19)20)13-7-8-16-14(10-13)9-12-5-3-4-6-15(12)16/h3-8,10,17H,9,11H2,1-2H3. The summed E-state index contributed by atoms with van der Waals surface area (Å²) in [6, 6.07) is 15.4. The maximum atomic E-state index is 11.7. The first-order valence-electron chi connectivity index (χ1n) is 7.32. The molecule has 0 aliphatic heterocycles. The Bertz CT molecular complexity index is 724. The van der Waals surface area contributed by atoms with Gasteiger partial charge >= 0.3 is 0 Å². The van der Waals surface area contributed by atoms with Crippen molar-refractivity contribution in [2.45, 2.75) is 32.6 Å². The Morgan fingerprint density at radius 2 is 1.75 bits per heavy atom. The van der Waals surface area contributed by atoms with E-state index in [1.165, 1.54) is 27.8 Å². The van der Waals surface area contributed by atoms with E-state index in [-0.39, 0.29) is 5.41 Å². The van der Waals surface area contributed by atoms with Gasteiger partial charge in [0.25, 0.3) is 0 Å². The van der Waals surface area contributed by atoms with Gasteiger partial charge in [0, 0.05) is 17.8 Å². The van der Waals surface area contributed by atoms with Crippen molar-refractivity contribution in [3.8, 4) is 11.1 Å². The lowest BCUT2D eigenvalue weighted by atomic mass is 9.59. The van der Waals surface area contributed by atoms with Crippen LogP contribution >= 0.6 is 0 Å². The quantitative estimate of drug-likeness (QED) is 0.637. The van der Waals surface area contributed by atoms with E-state index >= 15 is 0 Å². The zero-order chi connectivity index (χ0) is 13.9. The van der Waals surface area contributed by atoms with E-state index in [4.69, 9.17) is 0 Å². The number of hydrogen-bond donors (Lipinski definition) is 0. The number of carbonyl (C=O) groups excluding carboxylic acids is 1. The van der Waals surface area contributed by atoms with Gasteiger partial charge < -0.3 is 0 Å². The Balaban J connectivity index is 1.75. The summed E-state index contributed by atoms with van der Waals surface area (Å²) < 4.78 is 0. The minimum Gasteiger partial charge on any atom is -0.299 e. The van der Waals surface area contributed by atoms with Crippen LogP contribution in [0.1, 0.15) is 42.9 Å². The van der Waals surface area contributed by atoms with Crippen LogP contribution in [0.25, 0.3) is 11.1 Å². The number of hydrogen-bond acceptors (Lipinski definition) is 1. The number of benzene rings is 2. The summed E-state index contributed by atoms with van der Waals surface area (Å²) in [6.45, 7) is 4.15. The summed E-state index contributed by atoms with van der Waals surface area (Å²) in [5, 5.41) is 0. The van der Waals surface area contributed by atoms with Crippen molar-refractivity contribution < 1.29 is 4.79 Å². The number of rotatable bonds is 1. The van der Waals surface area contributed by atoms with Gasteiger partial charge in [-0.2, -0.15) is 0 Å². The van der Waals surface area contributed by atoms with E-state index in [2.05, 4.69) is 56.3 Å². The summed E-state index contributed by atoms with van der Waals surface area (Å²) in [4.78, 5) is 11.7. The summed E-state index contributed by atoms with van der Waals surface area (Å²) in [5.74, 6) is 0.787. The maximum Gasteiger partial charge on any atom is 0.139 e. The van der Waals surface area contributed by atoms with E-state index in [9.17, 15) is 4.79 Å². The average molecular weight is 262 g/mol. The van der Waals surface area contributed by atoms with Gasteiger partial charge in [-0.05, 0) is 34.2 Å². The second-order valence-electron chi connectivity index (χ2n) is 6.65. The first-order valence-corrected chi connectivity index (χ1v) is 7.32. The number of ketones is 1. The van der Waals surface area contributed by atoms with Crippen LogP contribution in [0, 0.1) is 5.41 Å². The molecule has 2 aliphatic carbocycles. The Labute approximate surface area is 119 Å². The van der Waals surface area contributed by atoms with Crippen LogP contribution in [0.2, 0.25) is 0 Å². The predicted octanol–water partition coefficient (Wildman–Crippen LogP) is 4.34. The van der Waals surface area contributed by atoms with E-state index in [1.54, 1.807) is 0 Å². The third kappa shape index (κ3) is 1.46. The van der Waals surface area contributed by atoms with Gasteiger partial charge in [-0.3, -0.25) is 4.79 Å². The lowest BCUT2D eigenvalue weighted by Crippen LogP contribution is -2.43. The summed E-state index contributed by atoms with van der Waals surface area (Å²) in [6.07, 6.45) is 1.74. The van der Waals surface area contributed by atoms with Gasteiger partial charge in [0.1, 0.15) is 5.78 Å². The Kier molecular flexibility index (Phi) is 2.27. The van der Waals surface area contributed by atoms with Gasteiger partial charge in [0.15, 0.2) is 0 Å². The lowest BCUT2D eigenvalue weighted by Gasteiger charge is -2.43. The maximum absolute atomic E-state index is 11.7. The van der Waals surface area contributed by atoms with Gasteiger partial charge in [-0.25, -0.2) is 0 Å². The van der Waals surface area contributed by atoms with E-state index in [0.717, 1.165) is 6.42 Å². The van der Waals surface area contributed by atoms with Crippen molar-refractivity contribution in [3.63, 3.8) is 0 Å². The number of Topliss-reactive ketones (excluding diaryl/α,β-unsaturated/α-hetero) is 1. The van der Waals surface area contributed by atoms with E-state index < -0.39 is 0 Å². The molecule has 2 aromatic carbocycles. The predicted molar refractivity (Wildman–Crippen MR) is 80.8 cm³/mol. The Hall–Kier alpha value is -1.89. The molecule has 1 unspecified atom stereocenters. The molecular weight excluding hydrogens is 244 g/mol. The molecule has 2 aromatic rings. The van der Waals surface area contributed by atoms with Crippen molar-refractivity contribution >= 4 is 5.78 Å². The number of fused-ring (bicyclic) bond motifs is 3. The molecule has 0 saturated heterocycles. The molecule has 100 valence electrons. The van der Waals surface area contributed by atoms with Crippen molar-refractivity contribution in [2.24, 2.45) is 5.41 Å². The van der Waals surface area contributed by atoms with Crippen LogP contribution in [-0.4, -0.2) is 5.78 Å². The average Bonchev–Trinajstić information content (AvgIpc) is 2.82. The van der Waals surface area contributed by atoms with E-state index in [0.29, 0.717) is 18.1 Å². The summed E-state index contributed by atoms with van der Waals surface area (Å²) in [7, 11) is 0. The third-order valence-corrected chi connectivity index (χ3v) is 5.20. The minimum absolute atomic E-state index is 0.181. The topological polar surface area (TPSA) is 17.1 Å². The monoisotopic (exact) mass is 262 g/mol. The molecule has 0 N–H and O–H groups in total. The Morgan fingerprint density at radius 3 is 2.50 bits per heavy atom. The van der Waals surface area contributed by atoms with Crippen LogP contribution in [0.4, 0.5) is 0 Å². The molecule has 0 aromatic heterocycles. The fourth-order valence-electron chi connectivity index (χ4n) is 3.68. The van der Waals surface area contributed by atoms with Crippen LogP contribution in [-0.2, 0) is 11.2 Å². The van der Waals surface area contributed by atoms with Crippen LogP contribution < -0.4 is 0 Å². The van der Waals surface area contributed by atoms with E-state index in [1.807, 2.05) is 0 Å².